The fourth-order valence-corrected chi connectivity index (χ4v) is 2.20. The van der Waals surface area contributed by atoms with Gasteiger partial charge in [-0.05, 0) is 12.1 Å². The number of aromatic nitrogens is 1. The summed E-state index contributed by atoms with van der Waals surface area (Å²) in [4.78, 5) is 22.9. The van der Waals surface area contributed by atoms with Gasteiger partial charge < -0.3 is 19.5 Å². The molecule has 6 nitrogen and oxygen atoms in total. The lowest BCUT2D eigenvalue weighted by Gasteiger charge is -2.15. The summed E-state index contributed by atoms with van der Waals surface area (Å²) in [5.41, 5.74) is 0.674. The van der Waals surface area contributed by atoms with Gasteiger partial charge in [0.1, 0.15) is 5.75 Å². The Morgan fingerprint density at radius 2 is 2.10 bits per heavy atom. The van der Waals surface area contributed by atoms with Gasteiger partial charge in [0, 0.05) is 29.8 Å². The maximum atomic E-state index is 12.0. The first-order valence-electron chi connectivity index (χ1n) is 6.10. The Labute approximate surface area is 114 Å². The normalized spacial score (nSPS) is 10.7. The molecule has 0 aliphatic carbocycles. The highest BCUT2D eigenvalue weighted by molar-refractivity contribution is 5.81. The number of aliphatic hydroxyl groups excluding tert-OH is 1. The number of carboxylic acids is 1. The van der Waals surface area contributed by atoms with Crippen LogP contribution in [0, 0.1) is 0 Å². The summed E-state index contributed by atoms with van der Waals surface area (Å²) in [6.07, 6.45) is -0.275. The molecular weight excluding hydrogens is 262 g/mol. The number of ether oxygens (including phenoxy) is 1. The molecule has 0 radical (unpaired) electrons. The number of rotatable bonds is 5. The van der Waals surface area contributed by atoms with E-state index in [4.69, 9.17) is 14.9 Å². The van der Waals surface area contributed by atoms with Crippen molar-refractivity contribution in [2.75, 3.05) is 13.7 Å². The van der Waals surface area contributed by atoms with Gasteiger partial charge in [-0.1, -0.05) is 0 Å². The van der Waals surface area contributed by atoms with Crippen LogP contribution >= 0.6 is 0 Å². The second kappa shape index (κ2) is 5.75. The van der Waals surface area contributed by atoms with Crippen LogP contribution in [0.2, 0.25) is 0 Å². The Morgan fingerprint density at radius 1 is 1.35 bits per heavy atom. The number of aliphatic hydroxyl groups is 1. The van der Waals surface area contributed by atoms with E-state index < -0.39 is 5.97 Å². The van der Waals surface area contributed by atoms with Gasteiger partial charge >= 0.3 is 5.97 Å². The third-order valence-corrected chi connectivity index (χ3v) is 3.06. The summed E-state index contributed by atoms with van der Waals surface area (Å²) in [7, 11) is 1.51. The average molecular weight is 277 g/mol. The molecule has 6 heteroatoms. The molecule has 0 aliphatic rings. The molecule has 106 valence electrons. The van der Waals surface area contributed by atoms with Crippen molar-refractivity contribution in [3.63, 3.8) is 0 Å². The van der Waals surface area contributed by atoms with E-state index in [1.165, 1.54) is 13.2 Å². The minimum atomic E-state index is -1.03. The number of carboxylic acid groups (broad SMARTS) is 1. The van der Waals surface area contributed by atoms with Gasteiger partial charge in [0.15, 0.2) is 5.43 Å². The molecule has 2 N–H and O–H groups in total. The summed E-state index contributed by atoms with van der Waals surface area (Å²) in [5.74, 6) is -0.464. The Hall–Kier alpha value is -2.34. The number of nitrogens with zero attached hydrogens (tertiary/aromatic N) is 1. The molecule has 0 saturated heterocycles. The molecule has 1 heterocycles. The molecule has 1 aromatic carbocycles. The van der Waals surface area contributed by atoms with Crippen LogP contribution in [0.25, 0.3) is 10.9 Å². The maximum absolute atomic E-state index is 12.0. The van der Waals surface area contributed by atoms with Crippen molar-refractivity contribution in [3.8, 4) is 5.75 Å². The van der Waals surface area contributed by atoms with E-state index in [2.05, 4.69) is 0 Å². The van der Waals surface area contributed by atoms with Crippen molar-refractivity contribution in [1.82, 2.24) is 4.57 Å². The molecule has 0 aliphatic heterocycles. The zero-order valence-electron chi connectivity index (χ0n) is 11.0. The van der Waals surface area contributed by atoms with E-state index in [9.17, 15) is 9.59 Å². The number of hydrogen-bond donors (Lipinski definition) is 2. The minimum Gasteiger partial charge on any atom is -0.497 e. The Bertz CT molecular complexity index is 705. The third kappa shape index (κ3) is 2.65. The summed E-state index contributed by atoms with van der Waals surface area (Å²) < 4.78 is 6.75. The average Bonchev–Trinajstić information content (AvgIpc) is 2.42. The SMILES string of the molecule is COc1ccc2c(=O)cc(CC(=O)O)n(CCO)c2c1. The molecule has 1 aromatic heterocycles. The number of benzene rings is 1. The van der Waals surface area contributed by atoms with Crippen molar-refractivity contribution in [2.45, 2.75) is 13.0 Å². The monoisotopic (exact) mass is 277 g/mol. The van der Waals surface area contributed by atoms with E-state index in [1.54, 1.807) is 22.8 Å². The summed E-state index contributed by atoms with van der Waals surface area (Å²) in [6.45, 7) is 0.0638. The smallest absolute Gasteiger partial charge is 0.309 e. The predicted octanol–water partition coefficient (Wildman–Crippen LogP) is 0.630. The fourth-order valence-electron chi connectivity index (χ4n) is 2.20. The van der Waals surface area contributed by atoms with Gasteiger partial charge in [0.2, 0.25) is 0 Å². The van der Waals surface area contributed by atoms with Crippen LogP contribution in [0.1, 0.15) is 5.69 Å². The van der Waals surface area contributed by atoms with Gasteiger partial charge in [-0.2, -0.15) is 0 Å². The highest BCUT2D eigenvalue weighted by Gasteiger charge is 2.12. The van der Waals surface area contributed by atoms with Crippen molar-refractivity contribution in [2.24, 2.45) is 0 Å². The van der Waals surface area contributed by atoms with E-state index in [-0.39, 0.29) is 25.0 Å². The zero-order chi connectivity index (χ0) is 14.7. The molecule has 0 atom stereocenters. The number of methoxy groups -OCH3 is 1. The van der Waals surface area contributed by atoms with Crippen LogP contribution in [-0.2, 0) is 17.8 Å². The lowest BCUT2D eigenvalue weighted by molar-refractivity contribution is -0.136. The quantitative estimate of drug-likeness (QED) is 0.836. The standard InChI is InChI=1S/C14H15NO5/c1-20-10-2-3-11-12(8-10)15(4-5-16)9(6-13(11)17)7-14(18)19/h2-3,6,8,16H,4-5,7H2,1H3,(H,18,19). The van der Waals surface area contributed by atoms with Crippen LogP contribution < -0.4 is 10.2 Å². The topological polar surface area (TPSA) is 88.8 Å². The van der Waals surface area contributed by atoms with Gasteiger partial charge in [0.25, 0.3) is 0 Å². The van der Waals surface area contributed by atoms with E-state index in [1.807, 2.05) is 0 Å². The number of fused-ring (bicyclic) bond motifs is 1. The zero-order valence-corrected chi connectivity index (χ0v) is 11.0. The lowest BCUT2D eigenvalue weighted by Crippen LogP contribution is -2.18. The van der Waals surface area contributed by atoms with Crippen LogP contribution in [0.15, 0.2) is 29.1 Å². The van der Waals surface area contributed by atoms with Crippen molar-refractivity contribution in [1.29, 1.82) is 0 Å². The Balaban J connectivity index is 2.76. The first-order valence-corrected chi connectivity index (χ1v) is 6.10. The summed E-state index contributed by atoms with van der Waals surface area (Å²) in [5, 5.41) is 18.5. The maximum Gasteiger partial charge on any atom is 0.309 e. The highest BCUT2D eigenvalue weighted by Crippen LogP contribution is 2.20. The van der Waals surface area contributed by atoms with Crippen LogP contribution in [0.5, 0.6) is 5.75 Å². The number of aliphatic carboxylic acids is 1. The van der Waals surface area contributed by atoms with Crippen molar-refractivity contribution < 1.29 is 19.7 Å². The lowest BCUT2D eigenvalue weighted by atomic mass is 10.1. The highest BCUT2D eigenvalue weighted by atomic mass is 16.5. The molecule has 0 bridgehead atoms. The van der Waals surface area contributed by atoms with Gasteiger partial charge in [-0.3, -0.25) is 9.59 Å². The van der Waals surface area contributed by atoms with Crippen LogP contribution in [0.4, 0.5) is 0 Å². The molecule has 20 heavy (non-hydrogen) atoms. The molecule has 2 aromatic rings. The fraction of sp³-hybridized carbons (Fsp3) is 0.286. The first kappa shape index (κ1) is 14.1. The number of hydrogen-bond acceptors (Lipinski definition) is 4. The second-order valence-electron chi connectivity index (χ2n) is 4.33. The molecule has 0 amide bonds. The first-order chi connectivity index (χ1) is 9.56. The predicted molar refractivity (Wildman–Crippen MR) is 73.2 cm³/mol. The third-order valence-electron chi connectivity index (χ3n) is 3.06. The van der Waals surface area contributed by atoms with Gasteiger partial charge in [-0.15, -0.1) is 0 Å². The van der Waals surface area contributed by atoms with E-state index in [0.717, 1.165) is 0 Å². The van der Waals surface area contributed by atoms with Gasteiger partial charge in [0.05, 0.1) is 25.7 Å². The summed E-state index contributed by atoms with van der Waals surface area (Å²) >= 11 is 0. The number of carbonyl (C=O) groups is 1. The van der Waals surface area contributed by atoms with Crippen molar-refractivity contribution in [3.05, 3.63) is 40.2 Å². The molecule has 0 spiro atoms. The van der Waals surface area contributed by atoms with E-state index >= 15 is 0 Å². The van der Waals surface area contributed by atoms with Crippen molar-refractivity contribution >= 4 is 16.9 Å². The van der Waals surface area contributed by atoms with E-state index in [0.29, 0.717) is 22.3 Å². The summed E-state index contributed by atoms with van der Waals surface area (Å²) in [6, 6.07) is 6.27. The van der Waals surface area contributed by atoms with Crippen LogP contribution in [-0.4, -0.2) is 34.5 Å². The minimum absolute atomic E-state index is 0.151. The molecular formula is C14H15NO5. The molecule has 0 unspecified atom stereocenters. The molecule has 2 rings (SSSR count). The molecule has 0 saturated carbocycles. The van der Waals surface area contributed by atoms with Crippen LogP contribution in [0.3, 0.4) is 0 Å². The number of pyridine rings is 1. The largest absolute Gasteiger partial charge is 0.497 e. The Kier molecular flexibility index (Phi) is 4.05. The molecule has 0 fully saturated rings. The second-order valence-corrected chi connectivity index (χ2v) is 4.33. The van der Waals surface area contributed by atoms with Gasteiger partial charge in [-0.25, -0.2) is 0 Å². The Morgan fingerprint density at radius 3 is 2.70 bits per heavy atom.